The standard InChI is InChI=1S/C80H104N20O15S/c1-5-44(4)67-78(114)96-61(40-101)70(106)89-39-64(103)90-55(27-17-31-86-80(84)85)71(107)95-60(36-63(82)102)73(109)94-59(35-50-38-88-54-25-14-12-23-52(50)54)76(112)100-68(47-19-7-6-8-20-47)79(115)92-56(26-15-16-30-81)72(108)93-58(34-49-37-87-53-24-13-11-22-51(49)53)75(111)98-66(43(2)3)77(113)97-62(69(83)105)41-116-42-65(104)91-57(74(110)99-67)33-45-28-29-46-18-9-10-21-48(46)32-45/h6-14,18-25,28-29,32,37-38,43-44,55-62,66-68,87-88,101H,5,15-17,26-27,30-31,33-36,39-42,81H2,1-4H3,(H2,82,102)(H2,83,105)(H,89,106)(H,90,103)(H,91,104)(H,92,115)(H,93,108)(H,94,109)(H,95,107)(H,96,114)(H,97,113)(H,98,111)(H,99,110)(H,100,112)(H4,84,85,86)/t44-,55-,56-,57-,58-,59-,60-,61+,62-,66-,67+,68+/m0/s1. The fourth-order valence-electron chi connectivity index (χ4n) is 13.2. The lowest BCUT2D eigenvalue weighted by molar-refractivity contribution is -0.136. The quantitative estimate of drug-likeness (QED) is 0.0216. The molecule has 0 saturated carbocycles. The van der Waals surface area contributed by atoms with E-state index in [1.165, 1.54) is 12.1 Å². The van der Waals surface area contributed by atoms with Crippen molar-refractivity contribution in [3.63, 3.8) is 0 Å². The Morgan fingerprint density at radius 1 is 0.517 bits per heavy atom. The summed E-state index contributed by atoms with van der Waals surface area (Å²) in [7, 11) is 0. The van der Waals surface area contributed by atoms with Gasteiger partial charge in [0.2, 0.25) is 82.7 Å². The number of nitrogens with two attached hydrogens (primary N) is 4. The van der Waals surface area contributed by atoms with Crippen LogP contribution in [0.3, 0.4) is 0 Å². The third kappa shape index (κ3) is 26.0. The van der Waals surface area contributed by atoms with Gasteiger partial charge in [0.05, 0.1) is 25.3 Å². The van der Waals surface area contributed by atoms with Crippen LogP contribution >= 0.6 is 11.8 Å². The second-order valence-corrected chi connectivity index (χ2v) is 29.9. The first-order valence-corrected chi connectivity index (χ1v) is 39.5. The molecule has 5 aromatic carbocycles. The van der Waals surface area contributed by atoms with E-state index in [1.807, 2.05) is 36.4 Å². The Bertz CT molecular complexity index is 4670. The zero-order chi connectivity index (χ0) is 84.1. The first-order chi connectivity index (χ1) is 55.5. The molecule has 12 atom stereocenters. The van der Waals surface area contributed by atoms with Crippen LogP contribution in [-0.2, 0) is 86.4 Å². The number of aromatic amines is 2. The Labute approximate surface area is 673 Å². The second-order valence-electron chi connectivity index (χ2n) is 28.8. The first-order valence-electron chi connectivity index (χ1n) is 38.3. The number of primary amides is 2. The molecule has 0 bridgehead atoms. The van der Waals surface area contributed by atoms with E-state index in [9.17, 15) is 53.1 Å². The Hall–Kier alpha value is -12.4. The lowest BCUT2D eigenvalue weighted by atomic mass is 9.96. The number of amides is 14. The average molecular weight is 1620 g/mol. The second kappa shape index (κ2) is 43.7. The smallest absolute Gasteiger partial charge is 0.247 e. The fourth-order valence-corrected chi connectivity index (χ4v) is 14.1. The number of nitrogens with one attached hydrogen (secondary N) is 16. The number of thioether (sulfide) groups is 1. The summed E-state index contributed by atoms with van der Waals surface area (Å²) in [5.41, 5.74) is 26.2. The highest BCUT2D eigenvalue weighted by Gasteiger charge is 2.39. The number of carbonyl (C=O) groups excluding carboxylic acids is 14. The predicted octanol–water partition coefficient (Wildman–Crippen LogP) is -1.15. The van der Waals surface area contributed by atoms with Gasteiger partial charge in [0.15, 0.2) is 5.96 Å². The Balaban J connectivity index is 1.17. The maximum atomic E-state index is 15.3. The minimum atomic E-state index is -1.89. The molecule has 8 rings (SSSR count). The van der Waals surface area contributed by atoms with Crippen molar-refractivity contribution in [2.45, 2.75) is 158 Å². The molecule has 1 aliphatic heterocycles. The molecule has 0 unspecified atom stereocenters. The minimum absolute atomic E-state index is 0.0173. The van der Waals surface area contributed by atoms with Gasteiger partial charge in [0.1, 0.15) is 66.5 Å². The van der Waals surface area contributed by atoms with Gasteiger partial charge in [-0.2, -0.15) is 0 Å². The Morgan fingerprint density at radius 2 is 1.03 bits per heavy atom. The average Bonchev–Trinajstić information content (AvgIpc) is 1.60. The van der Waals surface area contributed by atoms with Crippen LogP contribution in [0, 0.1) is 17.2 Å². The van der Waals surface area contributed by atoms with Gasteiger partial charge in [0.25, 0.3) is 0 Å². The summed E-state index contributed by atoms with van der Waals surface area (Å²) in [4.78, 5) is 208. The number of fused-ring (bicyclic) bond motifs is 3. The van der Waals surface area contributed by atoms with Crippen LogP contribution in [0.15, 0.2) is 134 Å². The van der Waals surface area contributed by atoms with Gasteiger partial charge in [-0.3, -0.25) is 72.5 Å². The van der Waals surface area contributed by atoms with E-state index < -0.39 is 192 Å². The van der Waals surface area contributed by atoms with Crippen molar-refractivity contribution in [1.82, 2.24) is 79.1 Å². The highest BCUT2D eigenvalue weighted by molar-refractivity contribution is 8.00. The van der Waals surface area contributed by atoms with Crippen LogP contribution in [0.25, 0.3) is 32.6 Å². The number of unbranched alkanes of at least 4 members (excludes halogenated alkanes) is 1. The molecule has 3 heterocycles. The van der Waals surface area contributed by atoms with E-state index in [2.05, 4.69) is 79.1 Å². The summed E-state index contributed by atoms with van der Waals surface area (Å²) in [6.07, 6.45) is 2.27. The number of hydrogen-bond donors (Lipinski definition) is 21. The molecule has 7 aromatic rings. The largest absolute Gasteiger partial charge is 0.394 e. The predicted molar refractivity (Wildman–Crippen MR) is 435 cm³/mol. The number of aromatic nitrogens is 2. The molecule has 0 aliphatic carbocycles. The van der Waals surface area contributed by atoms with Crippen LogP contribution in [0.5, 0.6) is 0 Å². The minimum Gasteiger partial charge on any atom is -0.394 e. The highest BCUT2D eigenvalue weighted by atomic mass is 32.2. The van der Waals surface area contributed by atoms with Gasteiger partial charge in [-0.1, -0.05) is 143 Å². The molecule has 0 spiro atoms. The van der Waals surface area contributed by atoms with Gasteiger partial charge < -0.3 is 107 Å². The van der Waals surface area contributed by atoms with Crippen molar-refractivity contribution in [3.8, 4) is 0 Å². The van der Waals surface area contributed by atoms with E-state index >= 15 is 19.2 Å². The van der Waals surface area contributed by atoms with Gasteiger partial charge in [0, 0.05) is 65.8 Å². The lowest BCUT2D eigenvalue weighted by Crippen LogP contribution is -2.60. The summed E-state index contributed by atoms with van der Waals surface area (Å²) >= 11 is 0.863. The SMILES string of the molecule is CC[C@H](C)[C@H]1NC(=O)[C@H](Cc2ccc3ccccc3c2)NC(=O)CSC[C@@H](C(N)=O)NC(=O)[C@H](C(C)C)NC(=O)[C@H](Cc2c[nH]c3ccccc23)NC(=O)[C@H](CCCCN)NC(=O)[C@@H](c2ccccc2)NC(=O)[C@H](Cc2c[nH]c3ccccc23)NC(=O)[C@H](CC(N)=O)NC(=O)[C@H](CCCNC(=N)N)NC(=O)CNC(=O)[C@@H](CO)NC1=O. The first kappa shape index (κ1) is 89.1. The number of carbonyl (C=O) groups is 14. The highest BCUT2D eigenvalue weighted by Crippen LogP contribution is 2.24. The molecule has 1 aliphatic rings. The summed E-state index contributed by atoms with van der Waals surface area (Å²) in [5, 5.41) is 55.3. The fraction of sp³-hybridized carbons (Fsp3) is 0.412. The van der Waals surface area contributed by atoms with Gasteiger partial charge in [-0.25, -0.2) is 0 Å². The van der Waals surface area contributed by atoms with E-state index in [4.69, 9.17) is 28.3 Å². The van der Waals surface area contributed by atoms with E-state index in [0.29, 0.717) is 44.9 Å². The van der Waals surface area contributed by atoms with Crippen LogP contribution in [-0.4, -0.2) is 202 Å². The number of benzene rings is 5. The lowest BCUT2D eigenvalue weighted by Gasteiger charge is -2.29. The van der Waals surface area contributed by atoms with Crippen molar-refractivity contribution >= 4 is 133 Å². The zero-order valence-electron chi connectivity index (χ0n) is 64.9. The number of aliphatic hydroxyl groups excluding tert-OH is 1. The van der Waals surface area contributed by atoms with Crippen LogP contribution in [0.4, 0.5) is 0 Å². The van der Waals surface area contributed by atoms with Crippen LogP contribution < -0.4 is 92.1 Å². The normalized spacial score (nSPS) is 22.7. The number of aliphatic hydroxyl groups is 1. The third-order valence-electron chi connectivity index (χ3n) is 19.8. The van der Waals surface area contributed by atoms with Crippen molar-refractivity contribution in [2.24, 2.45) is 34.8 Å². The molecule has 0 radical (unpaired) electrons. The summed E-state index contributed by atoms with van der Waals surface area (Å²) in [6.45, 7) is 4.80. The molecule has 25 N–H and O–H groups in total. The number of H-pyrrole nitrogens is 2. The number of guanidine groups is 1. The molecule has 116 heavy (non-hydrogen) atoms. The van der Waals surface area contributed by atoms with Crippen molar-refractivity contribution in [3.05, 3.63) is 156 Å². The van der Waals surface area contributed by atoms with Crippen LogP contribution in [0.2, 0.25) is 0 Å². The molecule has 35 nitrogen and oxygen atoms in total. The van der Waals surface area contributed by atoms with Crippen molar-refractivity contribution in [1.29, 1.82) is 5.41 Å². The monoisotopic (exact) mass is 1620 g/mol. The molecule has 2 aromatic heterocycles. The number of hydrogen-bond acceptors (Lipinski definition) is 18. The molecule has 36 heteroatoms. The van der Waals surface area contributed by atoms with E-state index in [1.54, 1.807) is 113 Å². The summed E-state index contributed by atoms with van der Waals surface area (Å²) in [6, 6.07) is 17.6. The topological polar surface area (TPSA) is 575 Å². The van der Waals surface area contributed by atoms with Gasteiger partial charge in [-0.15, -0.1) is 11.8 Å². The third-order valence-corrected chi connectivity index (χ3v) is 20.8. The van der Waals surface area contributed by atoms with E-state index in [0.717, 1.165) is 22.5 Å². The maximum Gasteiger partial charge on any atom is 0.247 e. The maximum absolute atomic E-state index is 15.3. The molecular weight excluding hydrogens is 1510 g/mol. The summed E-state index contributed by atoms with van der Waals surface area (Å²) < 4.78 is 0. The van der Waals surface area contributed by atoms with Crippen molar-refractivity contribution in [2.75, 3.05) is 37.7 Å². The molecule has 14 amide bonds. The van der Waals surface area contributed by atoms with Gasteiger partial charge in [-0.05, 0) is 95.6 Å². The zero-order valence-corrected chi connectivity index (χ0v) is 65.7. The molecule has 1 saturated heterocycles. The molecule has 1 fully saturated rings. The van der Waals surface area contributed by atoms with E-state index in [-0.39, 0.29) is 75.8 Å². The molecular formula is C80H104N20O15S. The Kier molecular flexibility index (Phi) is 33.6. The number of rotatable bonds is 22. The Morgan fingerprint density at radius 3 is 1.61 bits per heavy atom. The van der Waals surface area contributed by atoms with Gasteiger partial charge >= 0.3 is 0 Å². The van der Waals surface area contributed by atoms with Crippen molar-refractivity contribution < 1.29 is 72.2 Å². The summed E-state index contributed by atoms with van der Waals surface area (Å²) in [5.74, 6) is -16.2. The van der Waals surface area contributed by atoms with Crippen LogP contribution in [0.1, 0.15) is 101 Å². The molecule has 620 valence electrons. The number of para-hydroxylation sites is 2.